The van der Waals surface area contributed by atoms with Crippen molar-refractivity contribution in [3.8, 4) is 17.2 Å². The molecule has 0 atom stereocenters. The molecule has 1 heterocycles. The third kappa shape index (κ3) is 5.56. The molecule has 0 aromatic heterocycles. The molecule has 9 heteroatoms. The summed E-state index contributed by atoms with van der Waals surface area (Å²) in [7, 11) is 0. The average Bonchev–Trinajstić information content (AvgIpc) is 3.01. The highest BCUT2D eigenvalue weighted by atomic mass is 32.2. The number of hydrogen-bond acceptors (Lipinski definition) is 7. The molecule has 0 unspecified atom stereocenters. The fraction of sp³-hybridized carbons (Fsp3) is 0.227. The van der Waals surface area contributed by atoms with E-state index in [-0.39, 0.29) is 12.5 Å². The smallest absolute Gasteiger partial charge is 0.270 e. The Labute approximate surface area is 190 Å². The second kappa shape index (κ2) is 10.3. The summed E-state index contributed by atoms with van der Waals surface area (Å²) in [5.74, 6) is 0.809. The van der Waals surface area contributed by atoms with Gasteiger partial charge in [0.15, 0.2) is 22.4 Å². The van der Waals surface area contributed by atoms with Gasteiger partial charge in [-0.25, -0.2) is 0 Å². The summed E-state index contributed by atoms with van der Waals surface area (Å²) in [6.07, 6.45) is 1.74. The number of benzene rings is 2. The standard InChI is InChI=1S/C22H22N2O5S2/c1-3-27-16-8-6-15(7-9-16)24-21(26)19(31-22(24)30)12-14-5-10-17(29-13-20(23)25)18(11-14)28-4-2/h5-12H,3-4,13H2,1-2H3,(H2,23,25)/b19-12-. The van der Waals surface area contributed by atoms with E-state index >= 15 is 0 Å². The van der Waals surface area contributed by atoms with E-state index in [2.05, 4.69) is 0 Å². The summed E-state index contributed by atoms with van der Waals surface area (Å²) in [5, 5.41) is 0. The lowest BCUT2D eigenvalue weighted by Gasteiger charge is -2.15. The second-order valence-corrected chi connectivity index (χ2v) is 8.01. The molecule has 0 spiro atoms. The van der Waals surface area contributed by atoms with Gasteiger partial charge >= 0.3 is 0 Å². The first kappa shape index (κ1) is 22.6. The van der Waals surface area contributed by atoms with Gasteiger partial charge in [-0.1, -0.05) is 30.0 Å². The SMILES string of the molecule is CCOc1ccc(N2C(=O)/C(=C/c3ccc(OCC(N)=O)c(OCC)c3)SC2=S)cc1. The van der Waals surface area contributed by atoms with E-state index in [4.69, 9.17) is 32.2 Å². The van der Waals surface area contributed by atoms with Gasteiger partial charge in [-0.15, -0.1) is 0 Å². The molecule has 2 N–H and O–H groups in total. The summed E-state index contributed by atoms with van der Waals surface area (Å²) in [4.78, 5) is 26.0. The van der Waals surface area contributed by atoms with Crippen LogP contribution in [-0.4, -0.2) is 36.0 Å². The van der Waals surface area contributed by atoms with Crippen molar-refractivity contribution in [3.05, 3.63) is 52.9 Å². The highest BCUT2D eigenvalue weighted by molar-refractivity contribution is 8.27. The molecule has 3 rings (SSSR count). The zero-order valence-electron chi connectivity index (χ0n) is 17.1. The fourth-order valence-corrected chi connectivity index (χ4v) is 4.15. The van der Waals surface area contributed by atoms with Gasteiger partial charge < -0.3 is 19.9 Å². The van der Waals surface area contributed by atoms with Crippen LogP contribution in [0.4, 0.5) is 5.69 Å². The minimum Gasteiger partial charge on any atom is -0.494 e. The lowest BCUT2D eigenvalue weighted by Crippen LogP contribution is -2.27. The highest BCUT2D eigenvalue weighted by Gasteiger charge is 2.33. The summed E-state index contributed by atoms with van der Waals surface area (Å²) in [6.45, 7) is 4.48. The Balaban J connectivity index is 1.83. The monoisotopic (exact) mass is 458 g/mol. The molecule has 2 aromatic rings. The summed E-state index contributed by atoms with van der Waals surface area (Å²) >= 11 is 6.66. The molecule has 0 aliphatic carbocycles. The Morgan fingerprint density at radius 2 is 1.77 bits per heavy atom. The maximum Gasteiger partial charge on any atom is 0.270 e. The van der Waals surface area contributed by atoms with E-state index in [1.165, 1.54) is 16.7 Å². The van der Waals surface area contributed by atoms with Crippen LogP contribution in [0.1, 0.15) is 19.4 Å². The lowest BCUT2D eigenvalue weighted by molar-refractivity contribution is -0.120. The third-order valence-electron chi connectivity index (χ3n) is 4.13. The number of thiocarbonyl (C=S) groups is 1. The number of carbonyl (C=O) groups is 2. The first-order chi connectivity index (χ1) is 14.9. The van der Waals surface area contributed by atoms with E-state index in [1.54, 1.807) is 48.5 Å². The minimum absolute atomic E-state index is 0.203. The van der Waals surface area contributed by atoms with E-state index in [0.717, 1.165) is 11.3 Å². The summed E-state index contributed by atoms with van der Waals surface area (Å²) in [6, 6.07) is 12.4. The number of amides is 2. The Kier molecular flexibility index (Phi) is 7.54. The molecule has 2 amide bonds. The van der Waals surface area contributed by atoms with E-state index < -0.39 is 5.91 Å². The molecule has 1 saturated heterocycles. The van der Waals surface area contributed by atoms with Gasteiger partial charge in [-0.2, -0.15) is 0 Å². The van der Waals surface area contributed by atoms with Gasteiger partial charge in [0.1, 0.15) is 5.75 Å². The molecule has 0 saturated carbocycles. The zero-order valence-corrected chi connectivity index (χ0v) is 18.8. The molecule has 1 aliphatic heterocycles. The van der Waals surface area contributed by atoms with E-state index in [0.29, 0.717) is 39.6 Å². The fourth-order valence-electron chi connectivity index (χ4n) is 2.85. The predicted octanol–water partition coefficient (Wildman–Crippen LogP) is 3.75. The maximum atomic E-state index is 13.0. The number of primary amides is 1. The van der Waals surface area contributed by atoms with Crippen molar-refractivity contribution in [2.75, 3.05) is 24.7 Å². The first-order valence-corrected chi connectivity index (χ1v) is 10.8. The number of hydrogen-bond donors (Lipinski definition) is 1. The summed E-state index contributed by atoms with van der Waals surface area (Å²) in [5.41, 5.74) is 6.56. The Hall–Kier alpha value is -3.04. The van der Waals surface area contributed by atoms with Crippen molar-refractivity contribution >= 4 is 51.9 Å². The number of thioether (sulfide) groups is 1. The van der Waals surface area contributed by atoms with Gasteiger partial charge in [0.2, 0.25) is 0 Å². The van der Waals surface area contributed by atoms with Crippen LogP contribution >= 0.6 is 24.0 Å². The molecule has 1 fully saturated rings. The number of nitrogens with zero attached hydrogens (tertiary/aromatic N) is 1. The van der Waals surface area contributed by atoms with Crippen molar-refractivity contribution in [3.63, 3.8) is 0 Å². The molecular formula is C22H22N2O5S2. The van der Waals surface area contributed by atoms with Crippen LogP contribution in [0.3, 0.4) is 0 Å². The molecular weight excluding hydrogens is 436 g/mol. The van der Waals surface area contributed by atoms with Gasteiger partial charge in [-0.3, -0.25) is 14.5 Å². The Morgan fingerprint density at radius 1 is 1.06 bits per heavy atom. The second-order valence-electron chi connectivity index (χ2n) is 6.34. The van der Waals surface area contributed by atoms with Crippen molar-refractivity contribution < 1.29 is 23.8 Å². The molecule has 162 valence electrons. The maximum absolute atomic E-state index is 13.0. The van der Waals surface area contributed by atoms with E-state index in [9.17, 15) is 9.59 Å². The Morgan fingerprint density at radius 3 is 2.42 bits per heavy atom. The topological polar surface area (TPSA) is 91.1 Å². The van der Waals surface area contributed by atoms with Crippen LogP contribution in [0.15, 0.2) is 47.4 Å². The van der Waals surface area contributed by atoms with Crippen LogP contribution in [0.25, 0.3) is 6.08 Å². The number of anilines is 1. The van der Waals surface area contributed by atoms with Crippen LogP contribution in [0, 0.1) is 0 Å². The predicted molar refractivity (Wildman–Crippen MR) is 126 cm³/mol. The van der Waals surface area contributed by atoms with Crippen LogP contribution in [0.5, 0.6) is 17.2 Å². The number of rotatable bonds is 9. The number of ether oxygens (including phenoxy) is 3. The normalized spacial score (nSPS) is 14.8. The molecule has 0 bridgehead atoms. The largest absolute Gasteiger partial charge is 0.494 e. The quantitative estimate of drug-likeness (QED) is 0.452. The molecule has 1 aliphatic rings. The van der Waals surface area contributed by atoms with Gasteiger partial charge in [-0.05, 0) is 61.9 Å². The number of carbonyl (C=O) groups excluding carboxylic acids is 2. The van der Waals surface area contributed by atoms with Crippen LogP contribution in [-0.2, 0) is 9.59 Å². The third-order valence-corrected chi connectivity index (χ3v) is 5.44. The van der Waals surface area contributed by atoms with Crippen molar-refractivity contribution in [2.24, 2.45) is 5.73 Å². The van der Waals surface area contributed by atoms with Gasteiger partial charge in [0.25, 0.3) is 11.8 Å². The zero-order chi connectivity index (χ0) is 22.4. The number of nitrogens with two attached hydrogens (primary N) is 1. The first-order valence-electron chi connectivity index (χ1n) is 9.61. The molecule has 31 heavy (non-hydrogen) atoms. The van der Waals surface area contributed by atoms with Gasteiger partial charge in [0.05, 0.1) is 23.8 Å². The Bertz CT molecular complexity index is 1020. The van der Waals surface area contributed by atoms with Crippen molar-refractivity contribution in [1.29, 1.82) is 0 Å². The molecule has 2 aromatic carbocycles. The van der Waals surface area contributed by atoms with Crippen molar-refractivity contribution in [2.45, 2.75) is 13.8 Å². The lowest BCUT2D eigenvalue weighted by atomic mass is 10.1. The van der Waals surface area contributed by atoms with Crippen LogP contribution < -0.4 is 24.8 Å². The van der Waals surface area contributed by atoms with Crippen molar-refractivity contribution in [1.82, 2.24) is 0 Å². The highest BCUT2D eigenvalue weighted by Crippen LogP contribution is 2.37. The average molecular weight is 459 g/mol. The molecule has 0 radical (unpaired) electrons. The van der Waals surface area contributed by atoms with Gasteiger partial charge in [0, 0.05) is 0 Å². The van der Waals surface area contributed by atoms with Crippen LogP contribution in [0.2, 0.25) is 0 Å². The molecule has 7 nitrogen and oxygen atoms in total. The minimum atomic E-state index is -0.579. The van der Waals surface area contributed by atoms with E-state index in [1.807, 2.05) is 13.8 Å². The summed E-state index contributed by atoms with van der Waals surface area (Å²) < 4.78 is 16.9.